The summed E-state index contributed by atoms with van der Waals surface area (Å²) in [6.45, 7) is 0.971. The van der Waals surface area contributed by atoms with Crippen LogP contribution in [0.5, 0.6) is 0 Å². The van der Waals surface area contributed by atoms with Crippen LogP contribution in [0, 0.1) is 0 Å². The lowest BCUT2D eigenvalue weighted by molar-refractivity contribution is 1.09. The number of fused-ring (bicyclic) bond motifs is 3. The van der Waals surface area contributed by atoms with Crippen molar-refractivity contribution in [2.24, 2.45) is 4.99 Å². The zero-order chi connectivity index (χ0) is 8.67. The molecule has 0 N–H and O–H groups in total. The highest BCUT2D eigenvalue weighted by Crippen LogP contribution is 2.31. The molecule has 64 valence electrons. The molecule has 0 aliphatic carbocycles. The van der Waals surface area contributed by atoms with Gasteiger partial charge in [-0.25, -0.2) is 0 Å². The van der Waals surface area contributed by atoms with Crippen molar-refractivity contribution in [1.82, 2.24) is 0 Å². The van der Waals surface area contributed by atoms with Gasteiger partial charge in [-0.3, -0.25) is 4.99 Å². The summed E-state index contributed by atoms with van der Waals surface area (Å²) < 4.78 is 0. The van der Waals surface area contributed by atoms with Crippen LogP contribution in [0.4, 0.5) is 5.69 Å². The van der Waals surface area contributed by atoms with Crippen LogP contribution in [0.1, 0.15) is 4.88 Å². The minimum Gasteiger partial charge on any atom is -0.335 e. The molecule has 0 saturated carbocycles. The molecule has 3 heteroatoms. The summed E-state index contributed by atoms with van der Waals surface area (Å²) in [5, 5.41) is 2.11. The highest BCUT2D eigenvalue weighted by atomic mass is 32.1. The Hall–Kier alpha value is -1.35. The minimum absolute atomic E-state index is 0.971. The van der Waals surface area contributed by atoms with Crippen LogP contribution in [0.3, 0.4) is 0 Å². The van der Waals surface area contributed by atoms with Gasteiger partial charge in [0.1, 0.15) is 0 Å². The smallest absolute Gasteiger partial charge is 0.0690 e. The molecule has 2 aliphatic heterocycles. The van der Waals surface area contributed by atoms with Crippen LogP contribution < -0.4 is 4.90 Å². The first-order chi connectivity index (χ1) is 6.45. The number of hydrogen-bond acceptors (Lipinski definition) is 3. The lowest BCUT2D eigenvalue weighted by Gasteiger charge is -2.17. The molecule has 0 amide bonds. The molecule has 1 aromatic rings. The van der Waals surface area contributed by atoms with Gasteiger partial charge >= 0.3 is 0 Å². The van der Waals surface area contributed by atoms with E-state index >= 15 is 0 Å². The normalized spacial score (nSPS) is 18.2. The van der Waals surface area contributed by atoms with Gasteiger partial charge in [-0.15, -0.1) is 11.3 Å². The summed E-state index contributed by atoms with van der Waals surface area (Å²) in [5.41, 5.74) is 2.47. The molecule has 3 rings (SSSR count). The monoisotopic (exact) mass is 188 g/mol. The van der Waals surface area contributed by atoms with Crippen LogP contribution in [-0.4, -0.2) is 12.8 Å². The van der Waals surface area contributed by atoms with E-state index in [2.05, 4.69) is 33.5 Å². The third-order valence-electron chi connectivity index (χ3n) is 2.25. The summed E-state index contributed by atoms with van der Waals surface area (Å²) in [4.78, 5) is 7.78. The van der Waals surface area contributed by atoms with Crippen LogP contribution in [0.25, 0.3) is 0 Å². The fourth-order valence-corrected chi connectivity index (χ4v) is 2.40. The third kappa shape index (κ3) is 0.971. The SMILES string of the molecule is C1=CC2=CN=Cc3sccc3N2C1. The Morgan fingerprint density at radius 2 is 2.46 bits per heavy atom. The maximum atomic E-state index is 4.26. The number of rotatable bonds is 0. The minimum atomic E-state index is 0.971. The van der Waals surface area contributed by atoms with Crippen molar-refractivity contribution in [3.63, 3.8) is 0 Å². The van der Waals surface area contributed by atoms with Crippen molar-refractivity contribution in [3.05, 3.63) is 40.4 Å². The van der Waals surface area contributed by atoms with Gasteiger partial charge in [0.25, 0.3) is 0 Å². The second-order valence-electron chi connectivity index (χ2n) is 3.02. The first kappa shape index (κ1) is 7.09. The van der Waals surface area contributed by atoms with Gasteiger partial charge in [0.05, 0.1) is 22.5 Å². The van der Waals surface area contributed by atoms with E-state index in [9.17, 15) is 0 Å². The number of nitrogens with zero attached hydrogens (tertiary/aromatic N) is 2. The molecule has 0 bridgehead atoms. The molecule has 13 heavy (non-hydrogen) atoms. The lowest BCUT2D eigenvalue weighted by atomic mass is 10.3. The second kappa shape index (κ2) is 2.57. The van der Waals surface area contributed by atoms with E-state index in [4.69, 9.17) is 0 Å². The Labute approximate surface area is 80.5 Å². The van der Waals surface area contributed by atoms with Crippen LogP contribution in [-0.2, 0) is 0 Å². The lowest BCUT2D eigenvalue weighted by Crippen LogP contribution is -2.16. The topological polar surface area (TPSA) is 15.6 Å². The fourth-order valence-electron chi connectivity index (χ4n) is 1.64. The average molecular weight is 188 g/mol. The number of thiophene rings is 1. The van der Waals surface area contributed by atoms with E-state index in [0.717, 1.165) is 6.54 Å². The number of anilines is 1. The predicted molar refractivity (Wildman–Crippen MR) is 56.5 cm³/mol. The number of allylic oxidation sites excluding steroid dienone is 1. The second-order valence-corrected chi connectivity index (χ2v) is 3.96. The molecule has 0 radical (unpaired) electrons. The van der Waals surface area contributed by atoms with Crippen LogP contribution >= 0.6 is 11.3 Å². The maximum Gasteiger partial charge on any atom is 0.0690 e. The van der Waals surface area contributed by atoms with Gasteiger partial charge in [-0.1, -0.05) is 6.08 Å². The molecule has 3 heterocycles. The van der Waals surface area contributed by atoms with Crippen molar-refractivity contribution in [2.75, 3.05) is 11.4 Å². The van der Waals surface area contributed by atoms with E-state index in [1.807, 2.05) is 12.4 Å². The van der Waals surface area contributed by atoms with E-state index in [-0.39, 0.29) is 0 Å². The Kier molecular flexibility index (Phi) is 1.40. The Bertz CT molecular complexity index is 426. The largest absolute Gasteiger partial charge is 0.335 e. The highest BCUT2D eigenvalue weighted by Gasteiger charge is 2.18. The van der Waals surface area contributed by atoms with E-state index in [1.54, 1.807) is 11.3 Å². The van der Waals surface area contributed by atoms with Gasteiger partial charge in [0.15, 0.2) is 0 Å². The Morgan fingerprint density at radius 3 is 3.46 bits per heavy atom. The summed E-state index contributed by atoms with van der Waals surface area (Å²) in [5.74, 6) is 0. The average Bonchev–Trinajstić information content (AvgIpc) is 2.72. The van der Waals surface area contributed by atoms with Crippen molar-refractivity contribution in [3.8, 4) is 0 Å². The molecule has 0 atom stereocenters. The molecule has 1 aromatic heterocycles. The third-order valence-corrected chi connectivity index (χ3v) is 3.09. The van der Waals surface area contributed by atoms with Gasteiger partial charge < -0.3 is 4.90 Å². The standard InChI is InChI=1S/C10H8N2S/c1-2-8-6-11-7-10-9(3-5-13-10)12(8)4-1/h1-3,5-7H,4H2. The quantitative estimate of drug-likeness (QED) is 0.610. The molecular formula is C10H8N2S. The van der Waals surface area contributed by atoms with Crippen LogP contribution in [0.15, 0.2) is 40.5 Å². The zero-order valence-corrected chi connectivity index (χ0v) is 7.79. The van der Waals surface area contributed by atoms with Crippen molar-refractivity contribution < 1.29 is 0 Å². The number of aliphatic imine (C=N–C) groups is 1. The summed E-state index contributed by atoms with van der Waals surface area (Å²) in [6.07, 6.45) is 8.12. The van der Waals surface area contributed by atoms with Crippen molar-refractivity contribution >= 4 is 23.2 Å². The summed E-state index contributed by atoms with van der Waals surface area (Å²) >= 11 is 1.74. The van der Waals surface area contributed by atoms with E-state index in [0.29, 0.717) is 0 Å². The van der Waals surface area contributed by atoms with Gasteiger partial charge in [0.2, 0.25) is 0 Å². The first-order valence-corrected chi connectivity index (χ1v) is 5.08. The van der Waals surface area contributed by atoms with Crippen molar-refractivity contribution in [2.45, 2.75) is 0 Å². The predicted octanol–water partition coefficient (Wildman–Crippen LogP) is 2.40. The zero-order valence-electron chi connectivity index (χ0n) is 6.97. The summed E-state index contributed by atoms with van der Waals surface area (Å²) in [6, 6.07) is 2.15. The van der Waals surface area contributed by atoms with Crippen LogP contribution in [0.2, 0.25) is 0 Å². The first-order valence-electron chi connectivity index (χ1n) is 4.20. The number of hydrogen-bond donors (Lipinski definition) is 0. The molecule has 0 fully saturated rings. The van der Waals surface area contributed by atoms with Gasteiger partial charge in [-0.2, -0.15) is 0 Å². The maximum absolute atomic E-state index is 4.26. The van der Waals surface area contributed by atoms with Crippen molar-refractivity contribution in [1.29, 1.82) is 0 Å². The molecule has 2 nitrogen and oxygen atoms in total. The van der Waals surface area contributed by atoms with Gasteiger partial charge in [0, 0.05) is 12.8 Å². The molecule has 0 unspecified atom stereocenters. The Balaban J connectivity index is 2.19. The molecule has 0 spiro atoms. The van der Waals surface area contributed by atoms with Gasteiger partial charge in [-0.05, 0) is 17.5 Å². The fraction of sp³-hybridized carbons (Fsp3) is 0.100. The molecule has 2 aliphatic rings. The summed E-state index contributed by atoms with van der Waals surface area (Å²) in [7, 11) is 0. The molecular weight excluding hydrogens is 180 g/mol. The highest BCUT2D eigenvalue weighted by molar-refractivity contribution is 7.12. The molecule has 0 saturated heterocycles. The van der Waals surface area contributed by atoms with E-state index < -0.39 is 0 Å². The van der Waals surface area contributed by atoms with E-state index in [1.165, 1.54) is 16.3 Å². The Morgan fingerprint density at radius 1 is 1.46 bits per heavy atom. The molecule has 0 aromatic carbocycles.